The Morgan fingerprint density at radius 1 is 1.38 bits per heavy atom. The Labute approximate surface area is 138 Å². The Kier molecular flexibility index (Phi) is 4.67. The van der Waals surface area contributed by atoms with Crippen LogP contribution in [0.5, 0.6) is 5.75 Å². The number of fused-ring (bicyclic) bond motifs is 1. The molecule has 112 valence electrons. The van der Waals surface area contributed by atoms with E-state index >= 15 is 0 Å². The van der Waals surface area contributed by atoms with Crippen LogP contribution in [0.15, 0.2) is 34.1 Å². The maximum Gasteiger partial charge on any atom is 0.135 e. The topological polar surface area (TPSA) is 21.3 Å². The van der Waals surface area contributed by atoms with Crippen LogP contribution in [0.1, 0.15) is 47.9 Å². The first-order chi connectivity index (χ1) is 10.2. The zero-order valence-corrected chi connectivity index (χ0v) is 14.8. The molecule has 0 bridgehead atoms. The standard InChI is InChI=1S/C17H20BrNOS/c1-3-7-19-14-10-16(17-11(2)6-8-21-17)20-15-5-4-12(18)9-13(14)15/h4-6,8-9,14,16,19H,3,7,10H2,1-2H3. The van der Waals surface area contributed by atoms with Gasteiger partial charge in [0.25, 0.3) is 0 Å². The van der Waals surface area contributed by atoms with Gasteiger partial charge >= 0.3 is 0 Å². The molecule has 0 spiro atoms. The molecular formula is C17H20BrNOS. The monoisotopic (exact) mass is 365 g/mol. The third kappa shape index (κ3) is 3.17. The van der Waals surface area contributed by atoms with E-state index in [1.807, 2.05) is 0 Å². The quantitative estimate of drug-likeness (QED) is 0.784. The number of thiophene rings is 1. The summed E-state index contributed by atoms with van der Waals surface area (Å²) in [6.07, 6.45) is 2.29. The Balaban J connectivity index is 1.92. The highest BCUT2D eigenvalue weighted by Gasteiger charge is 2.30. The van der Waals surface area contributed by atoms with E-state index < -0.39 is 0 Å². The van der Waals surface area contributed by atoms with E-state index in [0.717, 1.165) is 29.6 Å². The predicted molar refractivity (Wildman–Crippen MR) is 92.2 cm³/mol. The first kappa shape index (κ1) is 15.1. The Morgan fingerprint density at radius 3 is 2.95 bits per heavy atom. The Bertz CT molecular complexity index is 625. The molecule has 1 aromatic heterocycles. The van der Waals surface area contributed by atoms with Crippen molar-refractivity contribution in [2.75, 3.05) is 6.54 Å². The highest BCUT2D eigenvalue weighted by molar-refractivity contribution is 9.10. The fraction of sp³-hybridized carbons (Fsp3) is 0.412. The van der Waals surface area contributed by atoms with Gasteiger partial charge in [-0.2, -0.15) is 0 Å². The number of nitrogens with one attached hydrogen (secondary N) is 1. The van der Waals surface area contributed by atoms with Crippen molar-refractivity contribution < 1.29 is 4.74 Å². The molecule has 1 aliphatic rings. The van der Waals surface area contributed by atoms with Crippen molar-refractivity contribution >= 4 is 27.3 Å². The van der Waals surface area contributed by atoms with Crippen molar-refractivity contribution in [2.45, 2.75) is 38.8 Å². The van der Waals surface area contributed by atoms with Gasteiger partial charge in [-0.3, -0.25) is 0 Å². The van der Waals surface area contributed by atoms with Crippen molar-refractivity contribution in [3.05, 3.63) is 50.1 Å². The van der Waals surface area contributed by atoms with Crippen molar-refractivity contribution in [1.82, 2.24) is 5.32 Å². The largest absolute Gasteiger partial charge is 0.484 e. The summed E-state index contributed by atoms with van der Waals surface area (Å²) < 4.78 is 7.38. The highest BCUT2D eigenvalue weighted by atomic mass is 79.9. The van der Waals surface area contributed by atoms with E-state index in [1.54, 1.807) is 11.3 Å². The molecule has 0 radical (unpaired) electrons. The number of ether oxygens (including phenoxy) is 1. The van der Waals surface area contributed by atoms with Crippen molar-refractivity contribution in [3.63, 3.8) is 0 Å². The summed E-state index contributed by atoms with van der Waals surface area (Å²) in [5, 5.41) is 5.82. The van der Waals surface area contributed by atoms with Crippen LogP contribution in [0, 0.1) is 6.92 Å². The summed E-state index contributed by atoms with van der Waals surface area (Å²) in [4.78, 5) is 1.35. The maximum atomic E-state index is 6.27. The Hall–Kier alpha value is -0.840. The first-order valence-electron chi connectivity index (χ1n) is 7.42. The summed E-state index contributed by atoms with van der Waals surface area (Å²) in [5.41, 5.74) is 2.60. The van der Waals surface area contributed by atoms with Gasteiger partial charge in [-0.15, -0.1) is 11.3 Å². The van der Waals surface area contributed by atoms with Gasteiger partial charge < -0.3 is 10.1 Å². The van der Waals surface area contributed by atoms with Crippen LogP contribution in [0.3, 0.4) is 0 Å². The molecule has 4 heteroatoms. The van der Waals surface area contributed by atoms with E-state index in [-0.39, 0.29) is 6.10 Å². The average Bonchev–Trinajstić information content (AvgIpc) is 2.91. The molecule has 3 rings (SSSR count). The lowest BCUT2D eigenvalue weighted by Crippen LogP contribution is -2.29. The summed E-state index contributed by atoms with van der Waals surface area (Å²) in [5.74, 6) is 1.01. The molecule has 0 fully saturated rings. The van der Waals surface area contributed by atoms with Gasteiger partial charge in [0.2, 0.25) is 0 Å². The molecule has 2 unspecified atom stereocenters. The van der Waals surface area contributed by atoms with Gasteiger partial charge in [0, 0.05) is 27.4 Å². The van der Waals surface area contributed by atoms with Gasteiger partial charge in [-0.05, 0) is 55.1 Å². The second-order valence-electron chi connectivity index (χ2n) is 5.50. The minimum absolute atomic E-state index is 0.160. The van der Waals surface area contributed by atoms with Crippen LogP contribution in [-0.4, -0.2) is 6.54 Å². The smallest absolute Gasteiger partial charge is 0.135 e. The molecule has 2 heterocycles. The summed E-state index contributed by atoms with van der Waals surface area (Å²) in [7, 11) is 0. The van der Waals surface area contributed by atoms with E-state index in [9.17, 15) is 0 Å². The third-order valence-corrected chi connectivity index (χ3v) is 5.51. The van der Waals surface area contributed by atoms with Crippen LogP contribution >= 0.6 is 27.3 Å². The molecule has 0 aliphatic carbocycles. The molecule has 0 saturated heterocycles. The van der Waals surface area contributed by atoms with E-state index in [1.165, 1.54) is 16.0 Å². The van der Waals surface area contributed by atoms with Gasteiger partial charge in [-0.1, -0.05) is 22.9 Å². The maximum absolute atomic E-state index is 6.27. The van der Waals surface area contributed by atoms with Crippen molar-refractivity contribution in [1.29, 1.82) is 0 Å². The molecule has 1 aliphatic heterocycles. The van der Waals surface area contributed by atoms with Crippen LogP contribution in [-0.2, 0) is 0 Å². The zero-order valence-electron chi connectivity index (χ0n) is 12.4. The number of aryl methyl sites for hydroxylation is 1. The molecule has 2 aromatic rings. The lowest BCUT2D eigenvalue weighted by Gasteiger charge is -2.33. The number of rotatable bonds is 4. The molecule has 2 nitrogen and oxygen atoms in total. The van der Waals surface area contributed by atoms with Crippen molar-refractivity contribution in [3.8, 4) is 5.75 Å². The van der Waals surface area contributed by atoms with Gasteiger partial charge in [-0.25, -0.2) is 0 Å². The van der Waals surface area contributed by atoms with Crippen LogP contribution < -0.4 is 10.1 Å². The summed E-state index contributed by atoms with van der Waals surface area (Å²) in [6, 6.07) is 8.85. The number of hydrogen-bond donors (Lipinski definition) is 1. The average molecular weight is 366 g/mol. The molecule has 2 atom stereocenters. The second kappa shape index (κ2) is 6.51. The highest BCUT2D eigenvalue weighted by Crippen LogP contribution is 2.43. The second-order valence-corrected chi connectivity index (χ2v) is 7.36. The predicted octanol–water partition coefficient (Wildman–Crippen LogP) is 5.38. The lowest BCUT2D eigenvalue weighted by atomic mass is 9.95. The first-order valence-corrected chi connectivity index (χ1v) is 9.09. The normalized spacial score (nSPS) is 20.9. The molecule has 0 amide bonds. The van der Waals surface area contributed by atoms with Crippen LogP contribution in [0.2, 0.25) is 0 Å². The Morgan fingerprint density at radius 2 is 2.24 bits per heavy atom. The molecule has 21 heavy (non-hydrogen) atoms. The van der Waals surface area contributed by atoms with Gasteiger partial charge in [0.15, 0.2) is 0 Å². The summed E-state index contributed by atoms with van der Waals surface area (Å²) >= 11 is 5.37. The molecule has 0 saturated carbocycles. The molecular weight excluding hydrogens is 346 g/mol. The lowest BCUT2D eigenvalue weighted by molar-refractivity contribution is 0.154. The van der Waals surface area contributed by atoms with E-state index in [0.29, 0.717) is 6.04 Å². The summed E-state index contributed by atoms with van der Waals surface area (Å²) in [6.45, 7) is 5.41. The van der Waals surface area contributed by atoms with Crippen molar-refractivity contribution in [2.24, 2.45) is 0 Å². The van der Waals surface area contributed by atoms with Gasteiger partial charge in [0.1, 0.15) is 11.9 Å². The van der Waals surface area contributed by atoms with E-state index in [4.69, 9.17) is 4.74 Å². The number of halogens is 1. The fourth-order valence-electron chi connectivity index (χ4n) is 2.83. The third-order valence-electron chi connectivity index (χ3n) is 3.90. The van der Waals surface area contributed by atoms with Gasteiger partial charge in [0.05, 0.1) is 0 Å². The van der Waals surface area contributed by atoms with Crippen LogP contribution in [0.4, 0.5) is 0 Å². The van der Waals surface area contributed by atoms with Crippen LogP contribution in [0.25, 0.3) is 0 Å². The minimum atomic E-state index is 0.160. The zero-order chi connectivity index (χ0) is 14.8. The molecule has 1 aromatic carbocycles. The minimum Gasteiger partial charge on any atom is -0.484 e. The number of benzene rings is 1. The molecule has 1 N–H and O–H groups in total. The number of hydrogen-bond acceptors (Lipinski definition) is 3. The fourth-order valence-corrected chi connectivity index (χ4v) is 4.18. The van der Waals surface area contributed by atoms with E-state index in [2.05, 4.69) is 64.7 Å². The SMILES string of the molecule is CCCNC1CC(c2sccc2C)Oc2ccc(Br)cc21.